The summed E-state index contributed by atoms with van der Waals surface area (Å²) in [6.07, 6.45) is 0. The molecule has 1 saturated carbocycles. The number of hydrogen-bond donors (Lipinski definition) is 2. The van der Waals surface area contributed by atoms with E-state index in [0.29, 0.717) is 6.07 Å². The van der Waals surface area contributed by atoms with Gasteiger partial charge in [-0.3, -0.25) is 0 Å². The lowest BCUT2D eigenvalue weighted by atomic mass is 10.0. The predicted molar refractivity (Wildman–Crippen MR) is 75.0 cm³/mol. The van der Waals surface area contributed by atoms with Crippen LogP contribution in [0.5, 0.6) is 0 Å². The first-order valence-corrected chi connectivity index (χ1v) is 7.95. The first-order valence-electron chi connectivity index (χ1n) is 6.46. The Bertz CT molecular complexity index is 696. The fraction of sp³-hybridized carbons (Fsp3) is 0.500. The third-order valence-electron chi connectivity index (χ3n) is 4.76. The Hall–Kier alpha value is -1.47. The molecule has 1 aliphatic carbocycles. The maximum absolute atomic E-state index is 13.9. The number of benzene rings is 1. The Morgan fingerprint density at radius 3 is 2.14 bits per heavy atom. The molecule has 0 saturated heterocycles. The van der Waals surface area contributed by atoms with Crippen molar-refractivity contribution in [1.82, 2.24) is 4.72 Å². The maximum Gasteiger partial charge on any atom is 0.335 e. The van der Waals surface area contributed by atoms with Crippen LogP contribution in [0.25, 0.3) is 0 Å². The number of aromatic carboxylic acids is 1. The van der Waals surface area contributed by atoms with E-state index in [1.807, 2.05) is 27.7 Å². The van der Waals surface area contributed by atoms with Crippen LogP contribution in [0.4, 0.5) is 4.39 Å². The van der Waals surface area contributed by atoms with Crippen molar-refractivity contribution in [1.29, 1.82) is 0 Å². The van der Waals surface area contributed by atoms with E-state index in [1.165, 1.54) is 0 Å². The number of carboxylic acids is 1. The Balaban J connectivity index is 2.32. The van der Waals surface area contributed by atoms with Crippen LogP contribution in [0, 0.1) is 16.6 Å². The zero-order chi connectivity index (χ0) is 16.2. The largest absolute Gasteiger partial charge is 0.478 e. The summed E-state index contributed by atoms with van der Waals surface area (Å²) in [7, 11) is -4.03. The van der Waals surface area contributed by atoms with E-state index in [1.54, 1.807) is 0 Å². The lowest BCUT2D eigenvalue weighted by Crippen LogP contribution is -2.30. The van der Waals surface area contributed by atoms with Gasteiger partial charge in [-0.15, -0.1) is 0 Å². The third-order valence-corrected chi connectivity index (χ3v) is 6.22. The number of nitrogens with one attached hydrogen (secondary N) is 1. The molecule has 0 bridgehead atoms. The van der Waals surface area contributed by atoms with Gasteiger partial charge in [-0.25, -0.2) is 22.3 Å². The van der Waals surface area contributed by atoms with Crippen LogP contribution in [-0.4, -0.2) is 25.5 Å². The van der Waals surface area contributed by atoms with Crippen LogP contribution >= 0.6 is 0 Å². The molecule has 21 heavy (non-hydrogen) atoms. The molecule has 0 heterocycles. The molecule has 1 aliphatic rings. The van der Waals surface area contributed by atoms with E-state index in [9.17, 15) is 17.6 Å². The summed E-state index contributed by atoms with van der Waals surface area (Å²) >= 11 is 0. The molecule has 1 aromatic carbocycles. The molecule has 0 atom stereocenters. The van der Waals surface area contributed by atoms with E-state index in [4.69, 9.17) is 5.11 Å². The summed E-state index contributed by atoms with van der Waals surface area (Å²) in [5.41, 5.74) is -0.742. The van der Waals surface area contributed by atoms with Gasteiger partial charge in [0.25, 0.3) is 0 Å². The van der Waals surface area contributed by atoms with Crippen molar-refractivity contribution in [2.75, 3.05) is 0 Å². The van der Waals surface area contributed by atoms with Crippen LogP contribution in [-0.2, 0) is 10.0 Å². The standard InChI is InChI=1S/C14H18FNO4S/c1-13(2)12(14(13,3)4)16-21(19,20)10-6-5-8(11(17)18)7-9(10)15/h5-7,12,16H,1-4H3,(H,17,18). The van der Waals surface area contributed by atoms with E-state index in [0.717, 1.165) is 12.1 Å². The second kappa shape index (κ2) is 4.51. The van der Waals surface area contributed by atoms with Crippen molar-refractivity contribution < 1.29 is 22.7 Å². The van der Waals surface area contributed by atoms with Crippen molar-refractivity contribution in [3.05, 3.63) is 29.6 Å². The minimum atomic E-state index is -4.03. The van der Waals surface area contributed by atoms with Crippen LogP contribution < -0.4 is 4.72 Å². The van der Waals surface area contributed by atoms with Gasteiger partial charge in [-0.2, -0.15) is 0 Å². The lowest BCUT2D eigenvalue weighted by molar-refractivity contribution is 0.0696. The van der Waals surface area contributed by atoms with Gasteiger partial charge < -0.3 is 5.11 Å². The van der Waals surface area contributed by atoms with Crippen LogP contribution in [0.2, 0.25) is 0 Å². The van der Waals surface area contributed by atoms with Gasteiger partial charge in [-0.05, 0) is 29.0 Å². The number of sulfonamides is 1. The van der Waals surface area contributed by atoms with Gasteiger partial charge in [0.2, 0.25) is 10.0 Å². The number of carboxylic acid groups (broad SMARTS) is 1. The summed E-state index contributed by atoms with van der Waals surface area (Å²) in [4.78, 5) is 10.2. The molecule has 0 spiro atoms. The highest BCUT2D eigenvalue weighted by Crippen LogP contribution is 2.62. The van der Waals surface area contributed by atoms with Crippen molar-refractivity contribution in [2.24, 2.45) is 10.8 Å². The molecule has 0 amide bonds. The molecule has 0 unspecified atom stereocenters. The van der Waals surface area contributed by atoms with E-state index >= 15 is 0 Å². The lowest BCUT2D eigenvalue weighted by Gasteiger charge is -2.09. The minimum Gasteiger partial charge on any atom is -0.478 e. The molecule has 116 valence electrons. The summed E-state index contributed by atoms with van der Waals surface area (Å²) in [5, 5.41) is 8.76. The Kier molecular flexibility index (Phi) is 3.42. The molecule has 0 aliphatic heterocycles. The molecule has 1 fully saturated rings. The molecule has 7 heteroatoms. The summed E-state index contributed by atoms with van der Waals surface area (Å²) in [6.45, 7) is 7.74. The average Bonchev–Trinajstić information content (AvgIpc) is 2.70. The van der Waals surface area contributed by atoms with Gasteiger partial charge in [0, 0.05) is 6.04 Å². The van der Waals surface area contributed by atoms with Gasteiger partial charge >= 0.3 is 5.97 Å². The fourth-order valence-corrected chi connectivity index (χ4v) is 4.15. The SMILES string of the molecule is CC1(C)C(NS(=O)(=O)c2ccc(C(=O)O)cc2F)C1(C)C. The molecule has 0 radical (unpaired) electrons. The topological polar surface area (TPSA) is 83.5 Å². The molecule has 1 aromatic rings. The Labute approximate surface area is 123 Å². The quantitative estimate of drug-likeness (QED) is 0.892. The van der Waals surface area contributed by atoms with Crippen molar-refractivity contribution in [3.63, 3.8) is 0 Å². The second-order valence-corrected chi connectivity index (χ2v) is 8.13. The predicted octanol–water partition coefficient (Wildman–Crippen LogP) is 2.24. The fourth-order valence-electron chi connectivity index (χ4n) is 2.56. The van der Waals surface area contributed by atoms with E-state index in [-0.39, 0.29) is 22.4 Å². The van der Waals surface area contributed by atoms with Gasteiger partial charge in [-0.1, -0.05) is 27.7 Å². The molecular formula is C14H18FNO4S. The van der Waals surface area contributed by atoms with E-state index in [2.05, 4.69) is 4.72 Å². The average molecular weight is 315 g/mol. The van der Waals surface area contributed by atoms with Gasteiger partial charge in [0.15, 0.2) is 0 Å². The second-order valence-electron chi connectivity index (χ2n) is 6.45. The van der Waals surface area contributed by atoms with Gasteiger partial charge in [0.05, 0.1) is 5.56 Å². The summed E-state index contributed by atoms with van der Waals surface area (Å²) in [5.74, 6) is -2.38. The molecule has 2 rings (SSSR count). The van der Waals surface area contributed by atoms with E-state index < -0.39 is 26.7 Å². The molecule has 2 N–H and O–H groups in total. The first-order chi connectivity index (χ1) is 9.41. The summed E-state index contributed by atoms with van der Waals surface area (Å²) < 4.78 is 40.9. The molecule has 5 nitrogen and oxygen atoms in total. The smallest absolute Gasteiger partial charge is 0.335 e. The number of halogens is 1. The zero-order valence-corrected chi connectivity index (χ0v) is 13.1. The molecule has 0 aromatic heterocycles. The molecular weight excluding hydrogens is 297 g/mol. The monoisotopic (exact) mass is 315 g/mol. The highest BCUT2D eigenvalue weighted by molar-refractivity contribution is 7.89. The van der Waals surface area contributed by atoms with Crippen molar-refractivity contribution in [2.45, 2.75) is 38.6 Å². The summed E-state index contributed by atoms with van der Waals surface area (Å²) in [6, 6.07) is 2.46. The van der Waals surface area contributed by atoms with Crippen LogP contribution in [0.15, 0.2) is 23.1 Å². The first kappa shape index (κ1) is 15.9. The normalized spacial score (nSPS) is 20.2. The number of rotatable bonds is 4. The Morgan fingerprint density at radius 1 is 1.24 bits per heavy atom. The Morgan fingerprint density at radius 2 is 1.76 bits per heavy atom. The zero-order valence-electron chi connectivity index (χ0n) is 12.3. The van der Waals surface area contributed by atoms with Crippen molar-refractivity contribution >= 4 is 16.0 Å². The van der Waals surface area contributed by atoms with Crippen LogP contribution in [0.3, 0.4) is 0 Å². The third kappa shape index (κ3) is 2.44. The van der Waals surface area contributed by atoms with Crippen molar-refractivity contribution in [3.8, 4) is 0 Å². The van der Waals surface area contributed by atoms with Gasteiger partial charge in [0.1, 0.15) is 10.7 Å². The number of hydrogen-bond acceptors (Lipinski definition) is 3. The number of carbonyl (C=O) groups is 1. The maximum atomic E-state index is 13.9. The van der Waals surface area contributed by atoms with Crippen LogP contribution in [0.1, 0.15) is 38.1 Å². The highest BCUT2D eigenvalue weighted by Gasteiger charge is 2.66. The minimum absolute atomic E-state index is 0.225. The highest BCUT2D eigenvalue weighted by atomic mass is 32.2.